The van der Waals surface area contributed by atoms with Crippen LogP contribution in [0.2, 0.25) is 19.6 Å². The zero-order valence-electron chi connectivity index (χ0n) is 13.7. The lowest BCUT2D eigenvalue weighted by Crippen LogP contribution is -2.35. The Hall–Kier alpha value is -0.643. The van der Waals surface area contributed by atoms with Crippen LogP contribution in [0.1, 0.15) is 31.2 Å². The van der Waals surface area contributed by atoms with Crippen LogP contribution < -0.4 is 9.82 Å². The summed E-state index contributed by atoms with van der Waals surface area (Å²) in [6.07, 6.45) is 2.57. The zero-order chi connectivity index (χ0) is 15.0. The molecule has 1 aromatic carbocycles. The third-order valence-corrected chi connectivity index (χ3v) is 9.62. The van der Waals surface area contributed by atoms with Crippen LogP contribution in [0.25, 0.3) is 10.1 Å². The van der Waals surface area contributed by atoms with Crippen molar-refractivity contribution in [3.8, 4) is 0 Å². The fourth-order valence-corrected chi connectivity index (χ4v) is 6.62. The lowest BCUT2D eigenvalue weighted by Gasteiger charge is -2.32. The van der Waals surface area contributed by atoms with Crippen molar-refractivity contribution in [2.45, 2.75) is 45.3 Å². The highest BCUT2D eigenvalue weighted by atomic mass is 32.1. The van der Waals surface area contributed by atoms with E-state index in [-0.39, 0.29) is 0 Å². The van der Waals surface area contributed by atoms with Gasteiger partial charge in [-0.1, -0.05) is 51.2 Å². The Morgan fingerprint density at radius 1 is 1.29 bits per heavy atom. The molecule has 0 amide bonds. The molecule has 0 aliphatic carbocycles. The minimum Gasteiger partial charge on any atom is -0.316 e. The second kappa shape index (κ2) is 5.86. The van der Waals surface area contributed by atoms with E-state index in [0.717, 1.165) is 11.8 Å². The van der Waals surface area contributed by atoms with Gasteiger partial charge in [-0.15, -0.1) is 11.3 Å². The third kappa shape index (κ3) is 2.96. The Labute approximate surface area is 133 Å². The van der Waals surface area contributed by atoms with Gasteiger partial charge in [-0.25, -0.2) is 0 Å². The monoisotopic (exact) mass is 317 g/mol. The van der Waals surface area contributed by atoms with Gasteiger partial charge >= 0.3 is 0 Å². The van der Waals surface area contributed by atoms with Crippen molar-refractivity contribution in [1.29, 1.82) is 0 Å². The van der Waals surface area contributed by atoms with E-state index in [1.807, 2.05) is 0 Å². The molecular formula is C18H27NSSi. The summed E-state index contributed by atoms with van der Waals surface area (Å²) in [6.45, 7) is 12.1. The van der Waals surface area contributed by atoms with E-state index >= 15 is 0 Å². The molecule has 3 rings (SSSR count). The first kappa shape index (κ1) is 15.3. The van der Waals surface area contributed by atoms with Gasteiger partial charge in [0, 0.05) is 4.70 Å². The van der Waals surface area contributed by atoms with Crippen LogP contribution >= 0.6 is 11.3 Å². The molecule has 1 N–H and O–H groups in total. The second-order valence-corrected chi connectivity index (χ2v) is 13.8. The van der Waals surface area contributed by atoms with Crippen molar-refractivity contribution in [1.82, 2.24) is 5.32 Å². The van der Waals surface area contributed by atoms with Crippen LogP contribution in [0, 0.1) is 5.92 Å². The van der Waals surface area contributed by atoms with Crippen molar-refractivity contribution in [3.63, 3.8) is 0 Å². The number of piperidine rings is 1. The Morgan fingerprint density at radius 3 is 2.81 bits per heavy atom. The lowest BCUT2D eigenvalue weighted by atomic mass is 9.79. The molecule has 0 radical (unpaired) electrons. The van der Waals surface area contributed by atoms with Crippen LogP contribution in [0.15, 0.2) is 24.3 Å². The normalized spacial score (nSPS) is 23.6. The second-order valence-electron chi connectivity index (χ2n) is 7.39. The third-order valence-electron chi connectivity index (χ3n) is 4.85. The van der Waals surface area contributed by atoms with Crippen molar-refractivity contribution in [3.05, 3.63) is 29.8 Å². The van der Waals surface area contributed by atoms with Crippen molar-refractivity contribution in [2.75, 3.05) is 13.1 Å². The minimum absolute atomic E-state index is 0.744. The molecule has 2 aromatic rings. The highest BCUT2D eigenvalue weighted by Crippen LogP contribution is 2.38. The van der Waals surface area contributed by atoms with Gasteiger partial charge in [-0.2, -0.15) is 0 Å². The highest BCUT2D eigenvalue weighted by Gasteiger charge is 2.27. The van der Waals surface area contributed by atoms with Gasteiger partial charge < -0.3 is 5.32 Å². The number of rotatable bonds is 3. The summed E-state index contributed by atoms with van der Waals surface area (Å²) >= 11 is 2.08. The quantitative estimate of drug-likeness (QED) is 0.819. The molecule has 114 valence electrons. The highest BCUT2D eigenvalue weighted by molar-refractivity contribution is 7.31. The summed E-state index contributed by atoms with van der Waals surface area (Å²) in [6, 6.07) is 9.44. The van der Waals surface area contributed by atoms with Crippen LogP contribution in [0.3, 0.4) is 0 Å². The number of hydrogen-bond acceptors (Lipinski definition) is 2. The molecule has 21 heavy (non-hydrogen) atoms. The van der Waals surface area contributed by atoms with Crippen LogP contribution in [-0.2, 0) is 0 Å². The van der Waals surface area contributed by atoms with E-state index in [1.54, 1.807) is 14.8 Å². The molecular weight excluding hydrogens is 290 g/mol. The Balaban J connectivity index is 2.07. The van der Waals surface area contributed by atoms with E-state index in [4.69, 9.17) is 0 Å². The van der Waals surface area contributed by atoms with E-state index in [2.05, 4.69) is 67.5 Å². The number of benzene rings is 1. The molecule has 0 saturated carbocycles. The van der Waals surface area contributed by atoms with Crippen molar-refractivity contribution >= 4 is 34.0 Å². The smallest absolute Gasteiger partial charge is 0.0904 e. The summed E-state index contributed by atoms with van der Waals surface area (Å²) < 4.78 is 3.22. The zero-order valence-corrected chi connectivity index (χ0v) is 15.5. The topological polar surface area (TPSA) is 12.0 Å². The Kier molecular flexibility index (Phi) is 4.26. The first-order chi connectivity index (χ1) is 10.0. The number of nitrogens with one attached hydrogen (secondary N) is 1. The molecule has 3 heteroatoms. The number of hydrogen-bond donors (Lipinski definition) is 1. The molecule has 0 bridgehead atoms. The number of fused-ring (bicyclic) bond motifs is 1. The van der Waals surface area contributed by atoms with Crippen molar-refractivity contribution in [2.24, 2.45) is 5.92 Å². The van der Waals surface area contributed by atoms with Crippen LogP contribution in [0.4, 0.5) is 0 Å². The van der Waals surface area contributed by atoms with E-state index in [0.29, 0.717) is 0 Å². The van der Waals surface area contributed by atoms with Crippen LogP contribution in [-0.4, -0.2) is 21.2 Å². The molecule has 1 fully saturated rings. The van der Waals surface area contributed by atoms with Gasteiger partial charge in [0.2, 0.25) is 0 Å². The summed E-state index contributed by atoms with van der Waals surface area (Å²) in [4.78, 5) is 0. The van der Waals surface area contributed by atoms with Gasteiger partial charge in [0.1, 0.15) is 0 Å². The largest absolute Gasteiger partial charge is 0.316 e. The average Bonchev–Trinajstić information content (AvgIpc) is 2.91. The predicted octanol–water partition coefficient (Wildman–Crippen LogP) is 4.55. The maximum absolute atomic E-state index is 3.57. The maximum Gasteiger partial charge on any atom is 0.0904 e. The standard InChI is InChI=1S/C18H27NSSi/c1-5-13-12-19-10-9-15(13)16-8-6-7-14-11-17(20-18(14)16)21(2,3)4/h6-8,11,13,15,19H,5,9-10,12H2,1-4H3. The fraction of sp³-hybridized carbons (Fsp3) is 0.556. The molecule has 1 aromatic heterocycles. The van der Waals surface area contributed by atoms with Gasteiger partial charge in [0.05, 0.1) is 8.07 Å². The van der Waals surface area contributed by atoms with E-state index in [1.165, 1.54) is 31.3 Å². The molecule has 2 unspecified atom stereocenters. The minimum atomic E-state index is -1.21. The predicted molar refractivity (Wildman–Crippen MR) is 98.8 cm³/mol. The first-order valence-electron chi connectivity index (χ1n) is 8.24. The molecule has 2 atom stereocenters. The van der Waals surface area contributed by atoms with Gasteiger partial charge in [-0.05, 0) is 52.9 Å². The number of thiophene rings is 1. The summed E-state index contributed by atoms with van der Waals surface area (Å²) in [5.41, 5.74) is 1.62. The van der Waals surface area contributed by atoms with E-state index < -0.39 is 8.07 Å². The SMILES string of the molecule is CCC1CNCCC1c1cccc2cc([Si](C)(C)C)sc12. The first-order valence-corrected chi connectivity index (χ1v) is 12.6. The summed E-state index contributed by atoms with van der Waals surface area (Å²) in [7, 11) is -1.21. The Morgan fingerprint density at radius 2 is 2.10 bits per heavy atom. The van der Waals surface area contributed by atoms with Crippen LogP contribution in [0.5, 0.6) is 0 Å². The molecule has 1 aliphatic heterocycles. The van der Waals surface area contributed by atoms with Gasteiger partial charge in [0.25, 0.3) is 0 Å². The maximum atomic E-state index is 3.57. The molecule has 1 saturated heterocycles. The van der Waals surface area contributed by atoms with Gasteiger partial charge in [0.15, 0.2) is 0 Å². The van der Waals surface area contributed by atoms with Gasteiger partial charge in [-0.3, -0.25) is 0 Å². The summed E-state index contributed by atoms with van der Waals surface area (Å²) in [5.74, 6) is 1.54. The molecule has 1 aliphatic rings. The molecule has 2 heterocycles. The lowest BCUT2D eigenvalue weighted by molar-refractivity contribution is 0.319. The fourth-order valence-electron chi connectivity index (χ4n) is 3.51. The Bertz CT molecular complexity index is 626. The molecule has 1 nitrogen and oxygen atoms in total. The molecule has 0 spiro atoms. The average molecular weight is 318 g/mol. The summed E-state index contributed by atoms with van der Waals surface area (Å²) in [5, 5.41) is 5.05. The van der Waals surface area contributed by atoms with Crippen molar-refractivity contribution < 1.29 is 0 Å². The van der Waals surface area contributed by atoms with E-state index in [9.17, 15) is 0 Å².